The first-order valence-electron chi connectivity index (χ1n) is 9.18. The average Bonchev–Trinajstić information content (AvgIpc) is 3.10. The lowest BCUT2D eigenvalue weighted by molar-refractivity contribution is 0.0628. The van der Waals surface area contributed by atoms with Gasteiger partial charge in [0, 0.05) is 31.7 Å². The van der Waals surface area contributed by atoms with Gasteiger partial charge >= 0.3 is 0 Å². The van der Waals surface area contributed by atoms with Crippen LogP contribution in [0.15, 0.2) is 48.5 Å². The minimum absolute atomic E-state index is 0.146. The fourth-order valence-corrected chi connectivity index (χ4v) is 4.36. The lowest BCUT2D eigenvalue weighted by atomic mass is 10.1. The van der Waals surface area contributed by atoms with Gasteiger partial charge in [-0.15, -0.1) is 11.3 Å². The van der Waals surface area contributed by atoms with E-state index in [1.54, 1.807) is 11.3 Å². The second kappa shape index (κ2) is 7.56. The molecular weight excluding hydrogens is 342 g/mol. The van der Waals surface area contributed by atoms with Crippen molar-refractivity contribution in [3.05, 3.63) is 64.7 Å². The number of hydrogen-bond donors (Lipinski definition) is 0. The van der Waals surface area contributed by atoms with Crippen molar-refractivity contribution in [2.75, 3.05) is 26.2 Å². The topological polar surface area (TPSA) is 36.4 Å². The first-order chi connectivity index (χ1) is 12.7. The van der Waals surface area contributed by atoms with Crippen molar-refractivity contribution >= 4 is 27.5 Å². The van der Waals surface area contributed by atoms with Crippen molar-refractivity contribution in [3.63, 3.8) is 0 Å². The van der Waals surface area contributed by atoms with Gasteiger partial charge in [-0.05, 0) is 36.2 Å². The Labute approximate surface area is 158 Å². The number of benzene rings is 2. The van der Waals surface area contributed by atoms with Crippen LogP contribution in [-0.4, -0.2) is 46.9 Å². The number of fused-ring (bicyclic) bond motifs is 1. The van der Waals surface area contributed by atoms with Crippen molar-refractivity contribution in [3.8, 4) is 0 Å². The van der Waals surface area contributed by atoms with Crippen LogP contribution >= 0.6 is 11.3 Å². The van der Waals surface area contributed by atoms with E-state index in [1.807, 2.05) is 23.1 Å². The van der Waals surface area contributed by atoms with Gasteiger partial charge in [0.2, 0.25) is 0 Å². The van der Waals surface area contributed by atoms with Crippen LogP contribution in [0.4, 0.5) is 0 Å². The lowest BCUT2D eigenvalue weighted by Crippen LogP contribution is -2.48. The van der Waals surface area contributed by atoms with E-state index < -0.39 is 0 Å². The number of hydrogen-bond acceptors (Lipinski definition) is 4. The number of thiazole rings is 1. The summed E-state index contributed by atoms with van der Waals surface area (Å²) in [6, 6.07) is 16.3. The SMILES string of the molecule is CCc1ccc(C(=O)N2CCN(Cc3nc4ccccc4s3)CC2)cc1. The van der Waals surface area contributed by atoms with Crippen molar-refractivity contribution in [1.82, 2.24) is 14.8 Å². The van der Waals surface area contributed by atoms with Crippen LogP contribution in [-0.2, 0) is 13.0 Å². The summed E-state index contributed by atoms with van der Waals surface area (Å²) in [5.41, 5.74) is 3.14. The van der Waals surface area contributed by atoms with E-state index in [9.17, 15) is 4.79 Å². The zero-order chi connectivity index (χ0) is 17.9. The van der Waals surface area contributed by atoms with Crippen molar-refractivity contribution in [2.24, 2.45) is 0 Å². The van der Waals surface area contributed by atoms with Crippen molar-refractivity contribution in [1.29, 1.82) is 0 Å². The molecule has 0 radical (unpaired) electrons. The molecule has 4 rings (SSSR count). The molecule has 0 bridgehead atoms. The summed E-state index contributed by atoms with van der Waals surface area (Å²) >= 11 is 1.77. The Kier molecular flexibility index (Phi) is 5.00. The number of amides is 1. The Balaban J connectivity index is 1.35. The minimum atomic E-state index is 0.146. The first kappa shape index (κ1) is 17.2. The Morgan fingerprint density at radius 1 is 1.04 bits per heavy atom. The second-order valence-corrected chi connectivity index (χ2v) is 7.81. The van der Waals surface area contributed by atoms with Crippen LogP contribution in [0.1, 0.15) is 27.9 Å². The number of nitrogens with zero attached hydrogens (tertiary/aromatic N) is 3. The highest BCUT2D eigenvalue weighted by molar-refractivity contribution is 7.18. The van der Waals surface area contributed by atoms with Crippen LogP contribution < -0.4 is 0 Å². The van der Waals surface area contributed by atoms with Gasteiger partial charge in [0.15, 0.2) is 0 Å². The van der Waals surface area contributed by atoms with Gasteiger partial charge < -0.3 is 4.90 Å². The third-order valence-corrected chi connectivity index (χ3v) is 5.99. The number of piperazine rings is 1. The third-order valence-electron chi connectivity index (χ3n) is 4.97. The van der Waals surface area contributed by atoms with Crippen LogP contribution in [0.5, 0.6) is 0 Å². The normalized spacial score (nSPS) is 15.5. The van der Waals surface area contributed by atoms with E-state index in [-0.39, 0.29) is 5.91 Å². The second-order valence-electron chi connectivity index (χ2n) is 6.69. The minimum Gasteiger partial charge on any atom is -0.336 e. The van der Waals surface area contributed by atoms with Gasteiger partial charge in [0.1, 0.15) is 5.01 Å². The number of carbonyl (C=O) groups excluding carboxylic acids is 1. The largest absolute Gasteiger partial charge is 0.336 e. The molecule has 0 saturated carbocycles. The molecule has 0 N–H and O–H groups in total. The molecule has 0 spiro atoms. The number of rotatable bonds is 4. The van der Waals surface area contributed by atoms with E-state index in [2.05, 4.69) is 42.2 Å². The first-order valence-corrected chi connectivity index (χ1v) is 9.99. The molecule has 0 atom stereocenters. The van der Waals surface area contributed by atoms with E-state index >= 15 is 0 Å². The maximum Gasteiger partial charge on any atom is 0.253 e. The predicted molar refractivity (Wildman–Crippen MR) is 107 cm³/mol. The molecule has 5 heteroatoms. The molecular formula is C21H23N3OS. The van der Waals surface area contributed by atoms with Gasteiger partial charge in [0.05, 0.1) is 16.8 Å². The standard InChI is InChI=1S/C21H23N3OS/c1-2-16-7-9-17(10-8-16)21(25)24-13-11-23(12-14-24)15-20-22-18-5-3-4-6-19(18)26-20/h3-10H,2,11-15H2,1H3. The molecule has 0 unspecified atom stereocenters. The van der Waals surface area contributed by atoms with Crippen molar-refractivity contribution in [2.45, 2.75) is 19.9 Å². The van der Waals surface area contributed by atoms with Crippen LogP contribution in [0.2, 0.25) is 0 Å². The molecule has 1 saturated heterocycles. The highest BCUT2D eigenvalue weighted by atomic mass is 32.1. The monoisotopic (exact) mass is 365 g/mol. The van der Waals surface area contributed by atoms with E-state index in [4.69, 9.17) is 4.98 Å². The van der Waals surface area contributed by atoms with Crippen molar-refractivity contribution < 1.29 is 4.79 Å². The smallest absolute Gasteiger partial charge is 0.253 e. The van der Waals surface area contributed by atoms with Crippen LogP contribution in [0, 0.1) is 0 Å². The van der Waals surface area contributed by atoms with Gasteiger partial charge in [-0.25, -0.2) is 4.98 Å². The highest BCUT2D eigenvalue weighted by Crippen LogP contribution is 2.23. The van der Waals surface area contributed by atoms with Crippen LogP contribution in [0.3, 0.4) is 0 Å². The Morgan fingerprint density at radius 2 is 1.77 bits per heavy atom. The molecule has 2 heterocycles. The maximum atomic E-state index is 12.7. The van der Waals surface area contributed by atoms with Gasteiger partial charge in [-0.3, -0.25) is 9.69 Å². The quantitative estimate of drug-likeness (QED) is 0.705. The molecule has 1 aromatic heterocycles. The molecule has 0 aliphatic carbocycles. The molecule has 4 nitrogen and oxygen atoms in total. The molecule has 2 aromatic carbocycles. The zero-order valence-corrected chi connectivity index (χ0v) is 15.8. The molecule has 1 aliphatic rings. The fraction of sp³-hybridized carbons (Fsp3) is 0.333. The number of aryl methyl sites for hydroxylation is 1. The summed E-state index contributed by atoms with van der Waals surface area (Å²) in [6.07, 6.45) is 0.999. The summed E-state index contributed by atoms with van der Waals surface area (Å²) < 4.78 is 1.24. The van der Waals surface area contributed by atoms with Gasteiger partial charge in [-0.2, -0.15) is 0 Å². The van der Waals surface area contributed by atoms with Gasteiger partial charge in [0.25, 0.3) is 5.91 Å². The van der Waals surface area contributed by atoms with E-state index in [0.29, 0.717) is 0 Å². The summed E-state index contributed by atoms with van der Waals surface area (Å²) in [7, 11) is 0. The Morgan fingerprint density at radius 3 is 2.46 bits per heavy atom. The molecule has 134 valence electrons. The fourth-order valence-electron chi connectivity index (χ4n) is 3.35. The predicted octanol–water partition coefficient (Wildman–Crippen LogP) is 3.82. The zero-order valence-electron chi connectivity index (χ0n) is 15.0. The Bertz CT molecular complexity index is 862. The number of carbonyl (C=O) groups is 1. The summed E-state index contributed by atoms with van der Waals surface area (Å²) in [4.78, 5) is 21.8. The maximum absolute atomic E-state index is 12.7. The molecule has 26 heavy (non-hydrogen) atoms. The van der Waals surface area contributed by atoms with Crippen LogP contribution in [0.25, 0.3) is 10.2 Å². The molecule has 1 amide bonds. The summed E-state index contributed by atoms with van der Waals surface area (Å²) in [5, 5.41) is 1.15. The number of aromatic nitrogens is 1. The lowest BCUT2D eigenvalue weighted by Gasteiger charge is -2.34. The molecule has 1 aliphatic heterocycles. The van der Waals surface area contributed by atoms with E-state index in [1.165, 1.54) is 10.3 Å². The molecule has 3 aromatic rings. The summed E-state index contributed by atoms with van der Waals surface area (Å²) in [6.45, 7) is 6.34. The number of para-hydroxylation sites is 1. The molecule has 1 fully saturated rings. The third kappa shape index (κ3) is 3.64. The average molecular weight is 366 g/mol. The van der Waals surface area contributed by atoms with E-state index in [0.717, 1.165) is 55.2 Å². The highest BCUT2D eigenvalue weighted by Gasteiger charge is 2.22. The van der Waals surface area contributed by atoms with Gasteiger partial charge in [-0.1, -0.05) is 31.2 Å². The Hall–Kier alpha value is -2.24. The summed E-state index contributed by atoms with van der Waals surface area (Å²) in [5.74, 6) is 0.146.